The van der Waals surface area contributed by atoms with E-state index in [9.17, 15) is 0 Å². The maximum Gasteiger partial charge on any atom is 0.323 e. The monoisotopic (exact) mass is 299 g/mol. The highest BCUT2D eigenvalue weighted by Gasteiger charge is 2.05. The predicted molar refractivity (Wildman–Crippen MR) is 81.0 cm³/mol. The van der Waals surface area contributed by atoms with Gasteiger partial charge in [0.15, 0.2) is 0 Å². The first-order valence-electron chi connectivity index (χ1n) is 7.17. The van der Waals surface area contributed by atoms with Crippen molar-refractivity contribution in [1.29, 1.82) is 0 Å². The number of aromatic nitrogens is 3. The van der Waals surface area contributed by atoms with Crippen molar-refractivity contribution < 1.29 is 14.2 Å². The summed E-state index contributed by atoms with van der Waals surface area (Å²) in [6.45, 7) is 5.22. The SMILES string of the molecule is CCCOc1nc(NC)nc(NCCCOCCOC)n1. The molecule has 0 aliphatic carbocycles. The number of rotatable bonds is 12. The quantitative estimate of drug-likeness (QED) is 0.556. The van der Waals surface area contributed by atoms with Crippen LogP contribution in [0.4, 0.5) is 11.9 Å². The van der Waals surface area contributed by atoms with E-state index in [2.05, 4.69) is 25.6 Å². The number of methoxy groups -OCH3 is 1. The van der Waals surface area contributed by atoms with Gasteiger partial charge >= 0.3 is 6.01 Å². The molecule has 0 amide bonds. The number of ether oxygens (including phenoxy) is 3. The van der Waals surface area contributed by atoms with Crippen LogP contribution in [0.1, 0.15) is 19.8 Å². The Morgan fingerprint density at radius 2 is 1.81 bits per heavy atom. The summed E-state index contributed by atoms with van der Waals surface area (Å²) in [7, 11) is 3.41. The molecular weight excluding hydrogens is 274 g/mol. The second-order valence-corrected chi connectivity index (χ2v) is 4.25. The van der Waals surface area contributed by atoms with Gasteiger partial charge in [-0.3, -0.25) is 0 Å². The standard InChI is InChI=1S/C13H25N5O3/c1-4-7-21-13-17-11(14-2)16-12(18-13)15-6-5-8-20-10-9-19-3/h4-10H2,1-3H3,(H2,14,15,16,17,18). The Bertz CT molecular complexity index is 392. The number of hydrogen-bond acceptors (Lipinski definition) is 8. The average molecular weight is 299 g/mol. The normalized spacial score (nSPS) is 10.4. The fraction of sp³-hybridized carbons (Fsp3) is 0.769. The molecule has 1 heterocycles. The number of hydrogen-bond donors (Lipinski definition) is 2. The highest BCUT2D eigenvalue weighted by molar-refractivity contribution is 5.35. The molecular formula is C13H25N5O3. The van der Waals surface area contributed by atoms with Crippen LogP contribution in [0.15, 0.2) is 0 Å². The molecule has 0 aliphatic rings. The lowest BCUT2D eigenvalue weighted by atomic mass is 10.4. The van der Waals surface area contributed by atoms with Gasteiger partial charge in [-0.2, -0.15) is 15.0 Å². The van der Waals surface area contributed by atoms with Gasteiger partial charge in [-0.15, -0.1) is 0 Å². The van der Waals surface area contributed by atoms with Gasteiger partial charge in [0, 0.05) is 27.3 Å². The zero-order valence-electron chi connectivity index (χ0n) is 13.0. The molecule has 0 aromatic carbocycles. The van der Waals surface area contributed by atoms with Crippen molar-refractivity contribution in [2.45, 2.75) is 19.8 Å². The summed E-state index contributed by atoms with van der Waals surface area (Å²) in [5.41, 5.74) is 0. The third-order valence-electron chi connectivity index (χ3n) is 2.45. The Labute approximate surface area is 125 Å². The van der Waals surface area contributed by atoms with E-state index in [1.54, 1.807) is 14.2 Å². The van der Waals surface area contributed by atoms with E-state index in [1.807, 2.05) is 6.92 Å². The van der Waals surface area contributed by atoms with Crippen LogP contribution < -0.4 is 15.4 Å². The molecule has 2 N–H and O–H groups in total. The summed E-state index contributed by atoms with van der Waals surface area (Å²) in [5, 5.41) is 6.02. The van der Waals surface area contributed by atoms with E-state index >= 15 is 0 Å². The van der Waals surface area contributed by atoms with Crippen LogP contribution in [0.5, 0.6) is 6.01 Å². The highest BCUT2D eigenvalue weighted by atomic mass is 16.5. The summed E-state index contributed by atoms with van der Waals surface area (Å²) in [4.78, 5) is 12.6. The molecule has 0 bridgehead atoms. The first-order valence-corrected chi connectivity index (χ1v) is 7.17. The van der Waals surface area contributed by atoms with Gasteiger partial charge in [-0.25, -0.2) is 0 Å². The molecule has 1 aromatic heterocycles. The first kappa shape index (κ1) is 17.4. The van der Waals surface area contributed by atoms with Crippen molar-refractivity contribution in [3.8, 4) is 6.01 Å². The topological polar surface area (TPSA) is 90.4 Å². The number of nitrogens with one attached hydrogen (secondary N) is 2. The van der Waals surface area contributed by atoms with E-state index in [0.717, 1.165) is 12.8 Å². The average Bonchev–Trinajstić information content (AvgIpc) is 2.51. The number of nitrogens with zero attached hydrogens (tertiary/aromatic N) is 3. The van der Waals surface area contributed by atoms with Crippen LogP contribution in [-0.2, 0) is 9.47 Å². The predicted octanol–water partition coefficient (Wildman–Crippen LogP) is 1.17. The molecule has 8 heteroatoms. The lowest BCUT2D eigenvalue weighted by molar-refractivity contribution is 0.0705. The molecule has 0 saturated carbocycles. The Balaban J connectivity index is 2.35. The van der Waals surface area contributed by atoms with Crippen LogP contribution in [0.3, 0.4) is 0 Å². The van der Waals surface area contributed by atoms with Gasteiger partial charge in [-0.1, -0.05) is 6.92 Å². The fourth-order valence-corrected chi connectivity index (χ4v) is 1.42. The Morgan fingerprint density at radius 3 is 2.52 bits per heavy atom. The van der Waals surface area contributed by atoms with Crippen molar-refractivity contribution in [2.75, 3.05) is 57.8 Å². The minimum absolute atomic E-state index is 0.329. The summed E-state index contributed by atoms with van der Waals surface area (Å²) >= 11 is 0. The van der Waals surface area contributed by atoms with Crippen LogP contribution in [0, 0.1) is 0 Å². The van der Waals surface area contributed by atoms with Gasteiger partial charge in [0.25, 0.3) is 0 Å². The molecule has 21 heavy (non-hydrogen) atoms. The Kier molecular flexibility index (Phi) is 9.14. The van der Waals surface area contributed by atoms with Crippen molar-refractivity contribution in [1.82, 2.24) is 15.0 Å². The summed E-state index contributed by atoms with van der Waals surface area (Å²) in [6, 6.07) is 0.329. The van der Waals surface area contributed by atoms with Crippen LogP contribution in [-0.4, -0.2) is 62.1 Å². The van der Waals surface area contributed by atoms with Gasteiger partial charge in [0.2, 0.25) is 11.9 Å². The third-order valence-corrected chi connectivity index (χ3v) is 2.45. The first-order chi connectivity index (χ1) is 10.3. The Morgan fingerprint density at radius 1 is 1.00 bits per heavy atom. The van der Waals surface area contributed by atoms with Crippen LogP contribution >= 0.6 is 0 Å². The van der Waals surface area contributed by atoms with Crippen molar-refractivity contribution >= 4 is 11.9 Å². The lowest BCUT2D eigenvalue weighted by Gasteiger charge is -2.09. The molecule has 0 fully saturated rings. The van der Waals surface area contributed by atoms with Gasteiger partial charge in [-0.05, 0) is 12.8 Å². The zero-order chi connectivity index (χ0) is 15.3. The molecule has 1 aromatic rings. The van der Waals surface area contributed by atoms with Gasteiger partial charge in [0.05, 0.1) is 19.8 Å². The Hall–Kier alpha value is -1.67. The van der Waals surface area contributed by atoms with Crippen molar-refractivity contribution in [3.63, 3.8) is 0 Å². The summed E-state index contributed by atoms with van der Waals surface area (Å²) in [6.07, 6.45) is 1.76. The molecule has 0 saturated heterocycles. The van der Waals surface area contributed by atoms with Gasteiger partial charge < -0.3 is 24.8 Å². The fourth-order valence-electron chi connectivity index (χ4n) is 1.42. The van der Waals surface area contributed by atoms with Crippen molar-refractivity contribution in [3.05, 3.63) is 0 Å². The molecule has 0 aliphatic heterocycles. The summed E-state index contributed by atoms with van der Waals surface area (Å²) in [5.74, 6) is 0.979. The highest BCUT2D eigenvalue weighted by Crippen LogP contribution is 2.10. The number of anilines is 2. The maximum atomic E-state index is 5.43. The molecule has 1 rings (SSSR count). The zero-order valence-corrected chi connectivity index (χ0v) is 13.0. The van der Waals surface area contributed by atoms with Crippen LogP contribution in [0.2, 0.25) is 0 Å². The van der Waals surface area contributed by atoms with Crippen molar-refractivity contribution in [2.24, 2.45) is 0 Å². The lowest BCUT2D eigenvalue weighted by Crippen LogP contribution is -2.12. The minimum atomic E-state index is 0.329. The molecule has 0 spiro atoms. The molecule has 8 nitrogen and oxygen atoms in total. The second-order valence-electron chi connectivity index (χ2n) is 4.25. The van der Waals surface area contributed by atoms with E-state index in [-0.39, 0.29) is 0 Å². The molecule has 0 unspecified atom stereocenters. The largest absolute Gasteiger partial charge is 0.463 e. The maximum absolute atomic E-state index is 5.43. The molecule has 120 valence electrons. The summed E-state index contributed by atoms with van der Waals surface area (Å²) < 4.78 is 15.7. The molecule has 0 radical (unpaired) electrons. The second kappa shape index (κ2) is 11.0. The van der Waals surface area contributed by atoms with E-state index in [4.69, 9.17) is 14.2 Å². The van der Waals surface area contributed by atoms with Crippen LogP contribution in [0.25, 0.3) is 0 Å². The third kappa shape index (κ3) is 7.62. The smallest absolute Gasteiger partial charge is 0.323 e. The minimum Gasteiger partial charge on any atom is -0.463 e. The van der Waals surface area contributed by atoms with Gasteiger partial charge in [0.1, 0.15) is 0 Å². The van der Waals surface area contributed by atoms with E-state index in [1.165, 1.54) is 0 Å². The van der Waals surface area contributed by atoms with E-state index < -0.39 is 0 Å². The van der Waals surface area contributed by atoms with E-state index in [0.29, 0.717) is 50.9 Å². The molecule has 0 atom stereocenters.